The van der Waals surface area contributed by atoms with Crippen LogP contribution >= 0.6 is 11.8 Å². The van der Waals surface area contributed by atoms with Gasteiger partial charge in [0.05, 0.1) is 0 Å². The van der Waals surface area contributed by atoms with Crippen LogP contribution in [0.4, 0.5) is 8.78 Å². The number of ether oxygens (including phenoxy) is 2. The van der Waals surface area contributed by atoms with Gasteiger partial charge in [0.25, 0.3) is 0 Å². The molecule has 2 nitrogen and oxygen atoms in total. The lowest BCUT2D eigenvalue weighted by atomic mass is 9.97. The minimum atomic E-state index is -1.04. The summed E-state index contributed by atoms with van der Waals surface area (Å²) in [6, 6.07) is 0. The smallest absolute Gasteiger partial charge is 0.185 e. The maximum atomic E-state index is 13.8. The molecule has 106 valence electrons. The van der Waals surface area contributed by atoms with Gasteiger partial charge in [-0.15, -0.1) is 11.8 Å². The van der Waals surface area contributed by atoms with Crippen LogP contribution in [0.1, 0.15) is 40.0 Å². The molecule has 1 heterocycles. The van der Waals surface area contributed by atoms with Gasteiger partial charge in [-0.3, -0.25) is 0 Å². The maximum absolute atomic E-state index is 13.8. The summed E-state index contributed by atoms with van der Waals surface area (Å²) in [6.45, 7) is 6.66. The number of epoxide rings is 1. The van der Waals surface area contributed by atoms with Crippen molar-refractivity contribution in [3.63, 3.8) is 0 Å². The fraction of sp³-hybridized carbons (Fsp3) is 1.00. The Hall–Kier alpha value is 0.130. The summed E-state index contributed by atoms with van der Waals surface area (Å²) in [6.07, 6.45) is -0.980. The minimum Gasteiger partial charge on any atom is -0.350 e. The first-order chi connectivity index (χ1) is 8.44. The largest absolute Gasteiger partial charge is 0.350 e. The Balaban J connectivity index is 1.85. The van der Waals surface area contributed by atoms with Crippen LogP contribution in [-0.4, -0.2) is 41.3 Å². The quantitative estimate of drug-likeness (QED) is 0.720. The summed E-state index contributed by atoms with van der Waals surface area (Å²) < 4.78 is 37.6. The van der Waals surface area contributed by atoms with Crippen LogP contribution in [0.15, 0.2) is 0 Å². The topological polar surface area (TPSA) is 21.8 Å². The van der Waals surface area contributed by atoms with E-state index in [2.05, 4.69) is 13.8 Å². The lowest BCUT2D eigenvalue weighted by molar-refractivity contribution is 0.0593. The van der Waals surface area contributed by atoms with E-state index in [9.17, 15) is 8.78 Å². The average Bonchev–Trinajstić information content (AvgIpc) is 3.03. The molecule has 0 aromatic carbocycles. The molecule has 1 saturated carbocycles. The molecular formula is C13H22F2O2S. The van der Waals surface area contributed by atoms with E-state index in [0.717, 1.165) is 0 Å². The summed E-state index contributed by atoms with van der Waals surface area (Å²) in [7, 11) is 0. The molecule has 2 rings (SSSR count). The van der Waals surface area contributed by atoms with Crippen LogP contribution in [0.25, 0.3) is 0 Å². The fourth-order valence-electron chi connectivity index (χ4n) is 2.51. The number of alkyl halides is 2. The summed E-state index contributed by atoms with van der Waals surface area (Å²) in [5, 5.41) is -0.113. The highest BCUT2D eigenvalue weighted by Crippen LogP contribution is 2.47. The predicted molar refractivity (Wildman–Crippen MR) is 69.4 cm³/mol. The number of hydrogen-bond acceptors (Lipinski definition) is 3. The van der Waals surface area contributed by atoms with Crippen molar-refractivity contribution in [1.82, 2.24) is 0 Å². The highest BCUT2D eigenvalue weighted by Gasteiger charge is 2.52. The van der Waals surface area contributed by atoms with Crippen LogP contribution in [0, 0.1) is 0 Å². The van der Waals surface area contributed by atoms with Crippen molar-refractivity contribution in [2.45, 2.75) is 74.8 Å². The summed E-state index contributed by atoms with van der Waals surface area (Å²) in [5.41, 5.74) is 0. The number of hydrogen-bond donors (Lipinski definition) is 0. The lowest BCUT2D eigenvalue weighted by Crippen LogP contribution is -2.36. The van der Waals surface area contributed by atoms with E-state index < -0.39 is 12.3 Å². The normalized spacial score (nSPS) is 40.8. The Morgan fingerprint density at radius 1 is 1.33 bits per heavy atom. The van der Waals surface area contributed by atoms with Gasteiger partial charge < -0.3 is 9.47 Å². The molecular weight excluding hydrogens is 258 g/mol. The van der Waals surface area contributed by atoms with Crippen molar-refractivity contribution in [2.24, 2.45) is 0 Å². The molecule has 0 aromatic heterocycles. The SMILES string of the molecule is CCOC1OC1C(C)(C)SC1CCC(F)CC1F. The second kappa shape index (κ2) is 5.63. The van der Waals surface area contributed by atoms with Gasteiger partial charge in [0.1, 0.15) is 18.4 Å². The molecule has 1 aliphatic heterocycles. The van der Waals surface area contributed by atoms with Gasteiger partial charge in [0, 0.05) is 23.0 Å². The van der Waals surface area contributed by atoms with Gasteiger partial charge in [0.15, 0.2) is 6.29 Å². The van der Waals surface area contributed by atoms with Crippen molar-refractivity contribution < 1.29 is 18.3 Å². The Labute approximate surface area is 112 Å². The molecule has 18 heavy (non-hydrogen) atoms. The van der Waals surface area contributed by atoms with E-state index in [1.165, 1.54) is 0 Å². The highest BCUT2D eigenvalue weighted by atomic mass is 32.2. The molecule has 0 amide bonds. The summed E-state index contributed by atoms with van der Waals surface area (Å²) in [5.74, 6) is 0. The van der Waals surface area contributed by atoms with Gasteiger partial charge in [-0.1, -0.05) is 0 Å². The van der Waals surface area contributed by atoms with Crippen molar-refractivity contribution in [1.29, 1.82) is 0 Å². The third-order valence-corrected chi connectivity index (χ3v) is 5.24. The van der Waals surface area contributed by atoms with E-state index in [-0.39, 0.29) is 28.8 Å². The van der Waals surface area contributed by atoms with Gasteiger partial charge in [-0.05, 0) is 33.6 Å². The second-order valence-corrected chi connectivity index (χ2v) is 7.46. The van der Waals surface area contributed by atoms with Crippen molar-refractivity contribution in [3.8, 4) is 0 Å². The molecule has 0 aromatic rings. The fourth-order valence-corrected chi connectivity index (χ4v) is 4.11. The third kappa shape index (κ3) is 3.36. The lowest BCUT2D eigenvalue weighted by Gasteiger charge is -2.33. The van der Waals surface area contributed by atoms with E-state index in [0.29, 0.717) is 19.4 Å². The molecule has 0 N–H and O–H groups in total. The number of halogens is 2. The first kappa shape index (κ1) is 14.5. The molecule has 5 heteroatoms. The van der Waals surface area contributed by atoms with Gasteiger partial charge in [-0.2, -0.15) is 0 Å². The zero-order valence-corrected chi connectivity index (χ0v) is 12.0. The Kier molecular flexibility index (Phi) is 4.55. The first-order valence-corrected chi connectivity index (χ1v) is 7.55. The van der Waals surface area contributed by atoms with Crippen molar-refractivity contribution in [3.05, 3.63) is 0 Å². The Morgan fingerprint density at radius 2 is 2.06 bits per heavy atom. The zero-order chi connectivity index (χ0) is 13.3. The zero-order valence-electron chi connectivity index (χ0n) is 11.2. The number of rotatable bonds is 5. The van der Waals surface area contributed by atoms with E-state index in [1.807, 2.05) is 6.92 Å². The van der Waals surface area contributed by atoms with Crippen LogP contribution in [0.3, 0.4) is 0 Å². The van der Waals surface area contributed by atoms with E-state index in [1.54, 1.807) is 11.8 Å². The molecule has 2 aliphatic rings. The predicted octanol–water partition coefficient (Wildman–Crippen LogP) is 3.49. The average molecular weight is 280 g/mol. The van der Waals surface area contributed by atoms with Crippen LogP contribution < -0.4 is 0 Å². The minimum absolute atomic E-state index is 0.0257. The van der Waals surface area contributed by atoms with Crippen molar-refractivity contribution in [2.75, 3.05) is 6.61 Å². The van der Waals surface area contributed by atoms with Gasteiger partial charge in [-0.25, -0.2) is 8.78 Å². The molecule has 5 unspecified atom stereocenters. The molecule has 0 radical (unpaired) electrons. The van der Waals surface area contributed by atoms with Gasteiger partial charge in [0.2, 0.25) is 0 Å². The molecule has 1 aliphatic carbocycles. The van der Waals surface area contributed by atoms with Gasteiger partial charge >= 0.3 is 0 Å². The van der Waals surface area contributed by atoms with E-state index >= 15 is 0 Å². The third-order valence-electron chi connectivity index (χ3n) is 3.57. The molecule has 1 saturated heterocycles. The highest BCUT2D eigenvalue weighted by molar-refractivity contribution is 8.01. The molecule has 5 atom stereocenters. The second-order valence-electron chi connectivity index (χ2n) is 5.57. The Morgan fingerprint density at radius 3 is 2.67 bits per heavy atom. The van der Waals surface area contributed by atoms with E-state index in [4.69, 9.17) is 9.47 Å². The maximum Gasteiger partial charge on any atom is 0.185 e. The molecule has 0 spiro atoms. The van der Waals surface area contributed by atoms with Crippen LogP contribution in [0.2, 0.25) is 0 Å². The molecule has 0 bridgehead atoms. The first-order valence-electron chi connectivity index (χ1n) is 6.67. The monoisotopic (exact) mass is 280 g/mol. The van der Waals surface area contributed by atoms with Crippen LogP contribution in [0.5, 0.6) is 0 Å². The molecule has 2 fully saturated rings. The van der Waals surface area contributed by atoms with Crippen molar-refractivity contribution >= 4 is 11.8 Å². The Bertz CT molecular complexity index is 288. The standard InChI is InChI=1S/C13H22F2O2S/c1-4-16-12-11(17-12)13(2,3)18-10-6-5-8(14)7-9(10)15/h8-12H,4-7H2,1-3H3. The summed E-state index contributed by atoms with van der Waals surface area (Å²) >= 11 is 1.59. The van der Waals surface area contributed by atoms with Crippen LogP contribution in [-0.2, 0) is 9.47 Å². The summed E-state index contributed by atoms with van der Waals surface area (Å²) in [4.78, 5) is 0. The number of thioether (sulfide) groups is 1.